The van der Waals surface area contributed by atoms with E-state index in [0.717, 1.165) is 6.42 Å². The highest BCUT2D eigenvalue weighted by Gasteiger charge is 2.74. The number of ether oxygens (including phenoxy) is 2. The van der Waals surface area contributed by atoms with Crippen LogP contribution in [0.25, 0.3) is 0 Å². The molecule has 2 aromatic carbocycles. The van der Waals surface area contributed by atoms with E-state index in [4.69, 9.17) is 9.47 Å². The summed E-state index contributed by atoms with van der Waals surface area (Å²) in [5, 5.41) is 0. The fourth-order valence-electron chi connectivity index (χ4n) is 3.90. The van der Waals surface area contributed by atoms with E-state index in [2.05, 4.69) is 9.98 Å². The van der Waals surface area contributed by atoms with Crippen molar-refractivity contribution < 1.29 is 35.8 Å². The van der Waals surface area contributed by atoms with Crippen molar-refractivity contribution in [1.29, 1.82) is 0 Å². The van der Waals surface area contributed by atoms with Gasteiger partial charge in [0, 0.05) is 17.7 Å². The molecule has 1 atom stereocenters. The lowest BCUT2D eigenvalue weighted by Crippen LogP contribution is -2.60. The Balaban J connectivity index is 1.97. The number of nitrogens with zero attached hydrogens (tertiary/aromatic N) is 3. The first-order chi connectivity index (χ1) is 16.1. The first-order valence-electron chi connectivity index (χ1n) is 10.5. The van der Waals surface area contributed by atoms with Crippen LogP contribution >= 0.6 is 0 Å². The van der Waals surface area contributed by atoms with Crippen LogP contribution in [0.2, 0.25) is 0 Å². The molecule has 0 N–H and O–H groups in total. The van der Waals surface area contributed by atoms with Crippen LogP contribution < -0.4 is 4.74 Å². The Bertz CT molecular complexity index is 1040. The number of alkyl halides is 6. The Morgan fingerprint density at radius 3 is 1.94 bits per heavy atom. The van der Waals surface area contributed by atoms with E-state index in [0.29, 0.717) is 18.8 Å². The second-order valence-electron chi connectivity index (χ2n) is 7.88. The van der Waals surface area contributed by atoms with Crippen molar-refractivity contribution in [3.8, 4) is 5.75 Å². The maximum atomic E-state index is 14.1. The molecule has 0 aromatic heterocycles. The Kier molecular flexibility index (Phi) is 6.32. The van der Waals surface area contributed by atoms with Gasteiger partial charge in [0.05, 0.1) is 19.8 Å². The smallest absolute Gasteiger partial charge is 0.443 e. The minimum Gasteiger partial charge on any atom is -0.497 e. The lowest BCUT2D eigenvalue weighted by molar-refractivity contribution is -0.293. The van der Waals surface area contributed by atoms with Crippen LogP contribution in [0.3, 0.4) is 0 Å². The molecular formula is C23H21F6N3O2. The van der Waals surface area contributed by atoms with Crippen molar-refractivity contribution in [2.45, 2.75) is 37.0 Å². The summed E-state index contributed by atoms with van der Waals surface area (Å²) in [5.41, 5.74) is -4.51. The molecular weight excluding hydrogens is 464 g/mol. The Labute approximate surface area is 191 Å². The van der Waals surface area contributed by atoms with Gasteiger partial charge in [-0.05, 0) is 37.1 Å². The van der Waals surface area contributed by atoms with Gasteiger partial charge in [0.15, 0.2) is 0 Å². The molecule has 2 aromatic rings. The van der Waals surface area contributed by atoms with E-state index in [9.17, 15) is 26.3 Å². The Hall–Kier alpha value is -3.08. The second kappa shape index (κ2) is 8.94. The molecule has 1 fully saturated rings. The van der Waals surface area contributed by atoms with Gasteiger partial charge in [-0.25, -0.2) is 9.98 Å². The van der Waals surface area contributed by atoms with Gasteiger partial charge in [-0.3, -0.25) is 0 Å². The molecule has 4 rings (SSSR count). The highest BCUT2D eigenvalue weighted by Crippen LogP contribution is 2.49. The van der Waals surface area contributed by atoms with Crippen LogP contribution in [-0.2, 0) is 4.74 Å². The molecule has 2 aliphatic rings. The number of methoxy groups -OCH3 is 1. The molecule has 0 spiro atoms. The predicted octanol–water partition coefficient (Wildman–Crippen LogP) is 5.20. The van der Waals surface area contributed by atoms with Crippen LogP contribution in [0, 0.1) is 0 Å². The van der Waals surface area contributed by atoms with Gasteiger partial charge in [0.2, 0.25) is 0 Å². The maximum absolute atomic E-state index is 14.1. The predicted molar refractivity (Wildman–Crippen MR) is 113 cm³/mol. The number of hydrogen-bond acceptors (Lipinski definition) is 5. The standard InChI is InChI=1S/C23H21F6N3O2/c1-33-17-11-9-16(10-12-17)20-31-21(22(24,25)26,23(27,28)29)30-19(15-6-3-2-4-7-15)32(20)14-18-8-5-13-34-18/h2-4,6-7,9-12,18H,5,8,13-14H2,1H3. The van der Waals surface area contributed by atoms with Crippen LogP contribution in [0.1, 0.15) is 24.0 Å². The van der Waals surface area contributed by atoms with E-state index in [-0.39, 0.29) is 17.7 Å². The maximum Gasteiger partial charge on any atom is 0.443 e. The minimum absolute atomic E-state index is 0.00954. The molecule has 182 valence electrons. The van der Waals surface area contributed by atoms with E-state index in [1.165, 1.54) is 60.5 Å². The van der Waals surface area contributed by atoms with E-state index >= 15 is 0 Å². The van der Waals surface area contributed by atoms with Crippen molar-refractivity contribution in [2.24, 2.45) is 9.98 Å². The van der Waals surface area contributed by atoms with Gasteiger partial charge in [-0.15, -0.1) is 0 Å². The van der Waals surface area contributed by atoms with Gasteiger partial charge in [-0.2, -0.15) is 26.3 Å². The molecule has 0 radical (unpaired) electrons. The molecule has 34 heavy (non-hydrogen) atoms. The lowest BCUT2D eigenvalue weighted by Gasteiger charge is -2.40. The summed E-state index contributed by atoms with van der Waals surface area (Å²) in [6.07, 6.45) is -10.7. The quantitative estimate of drug-likeness (QED) is 0.547. The zero-order valence-electron chi connectivity index (χ0n) is 18.0. The second-order valence-corrected chi connectivity index (χ2v) is 7.88. The first-order valence-corrected chi connectivity index (χ1v) is 10.5. The molecule has 0 saturated carbocycles. The summed E-state index contributed by atoms with van der Waals surface area (Å²) in [5.74, 6) is -0.589. The van der Waals surface area contributed by atoms with Gasteiger partial charge < -0.3 is 14.4 Å². The lowest BCUT2D eigenvalue weighted by atomic mass is 10.0. The zero-order chi connectivity index (χ0) is 24.6. The number of hydrogen-bond donors (Lipinski definition) is 0. The monoisotopic (exact) mass is 485 g/mol. The number of benzene rings is 2. The third kappa shape index (κ3) is 4.36. The zero-order valence-corrected chi connectivity index (χ0v) is 18.0. The summed E-state index contributed by atoms with van der Waals surface area (Å²) in [6.45, 7) is 0.449. The SMILES string of the molecule is COc1ccc(C2=NC(C(F)(F)F)(C(F)(F)F)N=C(c3ccccc3)N2CC2CCCO2)cc1. The molecule has 5 nitrogen and oxygen atoms in total. The molecule has 0 bridgehead atoms. The highest BCUT2D eigenvalue weighted by atomic mass is 19.4. The van der Waals surface area contributed by atoms with E-state index in [1.807, 2.05) is 0 Å². The topological polar surface area (TPSA) is 46.4 Å². The highest BCUT2D eigenvalue weighted by molar-refractivity contribution is 6.16. The van der Waals surface area contributed by atoms with Crippen LogP contribution in [0.4, 0.5) is 26.3 Å². The van der Waals surface area contributed by atoms with Crippen LogP contribution in [0.5, 0.6) is 5.75 Å². The van der Waals surface area contributed by atoms with Gasteiger partial charge >= 0.3 is 18.0 Å². The van der Waals surface area contributed by atoms with Crippen molar-refractivity contribution in [3.63, 3.8) is 0 Å². The summed E-state index contributed by atoms with van der Waals surface area (Å²) in [6, 6.07) is 13.1. The van der Waals surface area contributed by atoms with Gasteiger partial charge in [0.25, 0.3) is 0 Å². The van der Waals surface area contributed by atoms with Crippen molar-refractivity contribution in [1.82, 2.24) is 4.90 Å². The molecule has 1 unspecified atom stereocenters. The summed E-state index contributed by atoms with van der Waals surface area (Å²) in [7, 11) is 1.40. The van der Waals surface area contributed by atoms with Crippen molar-refractivity contribution in [3.05, 3.63) is 65.7 Å². The fourth-order valence-corrected chi connectivity index (χ4v) is 3.90. The molecule has 1 saturated heterocycles. The fraction of sp³-hybridized carbons (Fsp3) is 0.391. The van der Waals surface area contributed by atoms with Crippen LogP contribution in [-0.4, -0.2) is 61.0 Å². The molecule has 11 heteroatoms. The normalized spacial score (nSPS) is 20.7. The molecule has 2 aliphatic heterocycles. The Morgan fingerprint density at radius 1 is 0.912 bits per heavy atom. The largest absolute Gasteiger partial charge is 0.497 e. The average Bonchev–Trinajstić information content (AvgIpc) is 3.31. The van der Waals surface area contributed by atoms with Gasteiger partial charge in [0.1, 0.15) is 17.4 Å². The van der Waals surface area contributed by atoms with Crippen LogP contribution in [0.15, 0.2) is 64.6 Å². The third-order valence-electron chi connectivity index (χ3n) is 5.63. The summed E-state index contributed by atoms with van der Waals surface area (Å²) >= 11 is 0. The minimum atomic E-state index is -5.83. The van der Waals surface area contributed by atoms with E-state index in [1.54, 1.807) is 6.07 Å². The molecule has 0 aliphatic carbocycles. The van der Waals surface area contributed by atoms with Crippen molar-refractivity contribution in [2.75, 3.05) is 20.3 Å². The molecule has 2 heterocycles. The average molecular weight is 485 g/mol. The van der Waals surface area contributed by atoms with E-state index < -0.39 is 35.8 Å². The summed E-state index contributed by atoms with van der Waals surface area (Å²) < 4.78 is 95.4. The number of aliphatic imine (C=N–C) groups is 2. The number of amidine groups is 2. The van der Waals surface area contributed by atoms with Gasteiger partial charge in [-0.1, -0.05) is 30.3 Å². The van der Waals surface area contributed by atoms with Crippen molar-refractivity contribution >= 4 is 11.7 Å². The number of rotatable bonds is 5. The Morgan fingerprint density at radius 2 is 1.47 bits per heavy atom. The third-order valence-corrected chi connectivity index (χ3v) is 5.63. The number of halogens is 6. The summed E-state index contributed by atoms with van der Waals surface area (Å²) in [4.78, 5) is 7.85. The molecule has 0 amide bonds. The first kappa shape index (κ1) is 24.1.